The molecule has 0 aliphatic rings. The molecule has 3 N–H and O–H groups in total. The van der Waals surface area contributed by atoms with Crippen molar-refractivity contribution in [1.82, 2.24) is 15.1 Å². The van der Waals surface area contributed by atoms with Crippen molar-refractivity contribution in [3.8, 4) is 10.6 Å². The summed E-state index contributed by atoms with van der Waals surface area (Å²) in [6.07, 6.45) is 1.74. The number of hydrogen-bond donors (Lipinski definition) is 2. The van der Waals surface area contributed by atoms with Crippen LogP contribution < -0.4 is 11.1 Å². The lowest BCUT2D eigenvalue weighted by Crippen LogP contribution is -2.33. The van der Waals surface area contributed by atoms with Crippen LogP contribution in [0, 0.1) is 0 Å². The van der Waals surface area contributed by atoms with Crippen LogP contribution in [0.3, 0.4) is 0 Å². The molecule has 0 bridgehead atoms. The topological polar surface area (TPSA) is 72.9 Å². The maximum absolute atomic E-state index is 12.9. The highest BCUT2D eigenvalue weighted by Gasteiger charge is 2.20. The van der Waals surface area contributed by atoms with Crippen molar-refractivity contribution in [1.29, 1.82) is 0 Å². The zero-order valence-electron chi connectivity index (χ0n) is 15.2. The van der Waals surface area contributed by atoms with Gasteiger partial charge >= 0.3 is 0 Å². The van der Waals surface area contributed by atoms with Crippen molar-refractivity contribution in [3.63, 3.8) is 0 Å². The molecule has 1 unspecified atom stereocenters. The fraction of sp³-hybridized carbons (Fsp3) is 0.143. The van der Waals surface area contributed by atoms with Gasteiger partial charge < -0.3 is 11.1 Å². The van der Waals surface area contributed by atoms with Gasteiger partial charge in [-0.1, -0.05) is 42.5 Å². The number of nitrogens with one attached hydrogen (secondary N) is 1. The van der Waals surface area contributed by atoms with Crippen LogP contribution in [0.5, 0.6) is 0 Å². The summed E-state index contributed by atoms with van der Waals surface area (Å²) in [6.45, 7) is 0.320. The standard InChI is InChI=1S/C21H19BrN4OS/c1-26-18(9-10-24-26)20-16(22)11-19(28-20)21(27)25-17(12-23)15-8-4-6-13-5-2-3-7-14(13)15/h2-11,17H,12,23H2,1H3,(H,25,27). The van der Waals surface area contributed by atoms with Crippen molar-refractivity contribution >= 4 is 43.9 Å². The molecule has 0 aliphatic heterocycles. The van der Waals surface area contributed by atoms with Gasteiger partial charge in [0, 0.05) is 24.3 Å². The predicted octanol–water partition coefficient (Wildman–Crippen LogP) is 4.49. The molecule has 4 aromatic rings. The first kappa shape index (κ1) is 18.9. The van der Waals surface area contributed by atoms with Crippen LogP contribution in [0.4, 0.5) is 0 Å². The monoisotopic (exact) mass is 454 g/mol. The average molecular weight is 455 g/mol. The van der Waals surface area contributed by atoms with Crippen LogP contribution in [0.2, 0.25) is 0 Å². The minimum atomic E-state index is -0.264. The number of halogens is 1. The first-order valence-corrected chi connectivity index (χ1v) is 10.5. The van der Waals surface area contributed by atoms with E-state index in [2.05, 4.69) is 44.5 Å². The van der Waals surface area contributed by atoms with Gasteiger partial charge in [0.15, 0.2) is 0 Å². The van der Waals surface area contributed by atoms with Crippen molar-refractivity contribution in [2.24, 2.45) is 12.8 Å². The van der Waals surface area contributed by atoms with Gasteiger partial charge in [-0.15, -0.1) is 11.3 Å². The van der Waals surface area contributed by atoms with E-state index in [1.807, 2.05) is 43.4 Å². The summed E-state index contributed by atoms with van der Waals surface area (Å²) >= 11 is 5.00. The van der Waals surface area contributed by atoms with Gasteiger partial charge in [0.2, 0.25) is 0 Å². The lowest BCUT2D eigenvalue weighted by molar-refractivity contribution is 0.0942. The molecule has 0 spiro atoms. The number of fused-ring (bicyclic) bond motifs is 1. The third-order valence-corrected chi connectivity index (χ3v) is 6.75. The van der Waals surface area contributed by atoms with Gasteiger partial charge in [0.05, 0.1) is 21.5 Å². The molecule has 0 aliphatic carbocycles. The van der Waals surface area contributed by atoms with Gasteiger partial charge in [-0.25, -0.2) is 0 Å². The van der Waals surface area contributed by atoms with Crippen molar-refractivity contribution < 1.29 is 4.79 Å². The SMILES string of the molecule is Cn1nccc1-c1sc(C(=O)NC(CN)c2cccc3ccccc23)cc1Br. The Morgan fingerprint density at radius 2 is 2.04 bits per heavy atom. The Bertz CT molecular complexity index is 1140. The fourth-order valence-corrected chi connectivity index (χ4v) is 5.14. The molecule has 0 fully saturated rings. The number of aryl methyl sites for hydroxylation is 1. The number of carbonyl (C=O) groups is 1. The number of aromatic nitrogens is 2. The number of thiophene rings is 1. The van der Waals surface area contributed by atoms with Gasteiger partial charge in [-0.05, 0) is 44.4 Å². The highest BCUT2D eigenvalue weighted by atomic mass is 79.9. The zero-order chi connectivity index (χ0) is 19.7. The number of nitrogens with zero attached hydrogens (tertiary/aromatic N) is 2. The summed E-state index contributed by atoms with van der Waals surface area (Å²) in [5.74, 6) is -0.137. The van der Waals surface area contributed by atoms with Crippen molar-refractivity contribution in [2.75, 3.05) is 6.54 Å². The van der Waals surface area contributed by atoms with Crippen LogP contribution in [-0.2, 0) is 7.05 Å². The second-order valence-electron chi connectivity index (χ2n) is 6.46. The summed E-state index contributed by atoms with van der Waals surface area (Å²) in [5, 5.41) is 9.53. The molecule has 142 valence electrons. The van der Waals surface area contributed by atoms with E-state index in [0.717, 1.165) is 31.4 Å². The number of nitrogens with two attached hydrogens (primary N) is 1. The molecule has 2 aromatic heterocycles. The van der Waals surface area contributed by atoms with Gasteiger partial charge in [-0.3, -0.25) is 9.48 Å². The van der Waals surface area contributed by atoms with E-state index in [1.165, 1.54) is 11.3 Å². The summed E-state index contributed by atoms with van der Waals surface area (Å²) in [7, 11) is 1.88. The quantitative estimate of drug-likeness (QED) is 0.466. The summed E-state index contributed by atoms with van der Waals surface area (Å²) in [6, 6.07) is 17.7. The second-order valence-corrected chi connectivity index (χ2v) is 8.36. The van der Waals surface area contributed by atoms with Crippen LogP contribution >= 0.6 is 27.3 Å². The molecule has 5 nitrogen and oxygen atoms in total. The van der Waals surface area contributed by atoms with Gasteiger partial charge in [0.25, 0.3) is 5.91 Å². The first-order valence-electron chi connectivity index (χ1n) is 8.84. The number of hydrogen-bond acceptors (Lipinski definition) is 4. The van der Waals surface area contributed by atoms with Crippen LogP contribution in [0.15, 0.2) is 65.3 Å². The fourth-order valence-electron chi connectivity index (χ4n) is 3.30. The average Bonchev–Trinajstić information content (AvgIpc) is 3.30. The van der Waals surface area contributed by atoms with Crippen LogP contribution in [-0.4, -0.2) is 22.2 Å². The predicted molar refractivity (Wildman–Crippen MR) is 117 cm³/mol. The second kappa shape index (κ2) is 7.87. The highest BCUT2D eigenvalue weighted by Crippen LogP contribution is 2.36. The van der Waals surface area contributed by atoms with E-state index in [1.54, 1.807) is 10.9 Å². The Morgan fingerprint density at radius 3 is 2.79 bits per heavy atom. The molecule has 4 rings (SSSR count). The van der Waals surface area contributed by atoms with Crippen LogP contribution in [0.25, 0.3) is 21.3 Å². The summed E-state index contributed by atoms with van der Waals surface area (Å²) in [5.41, 5.74) is 8.01. The maximum Gasteiger partial charge on any atom is 0.261 e. The molecule has 2 heterocycles. The minimum absolute atomic E-state index is 0.137. The third kappa shape index (κ3) is 3.48. The largest absolute Gasteiger partial charge is 0.343 e. The highest BCUT2D eigenvalue weighted by molar-refractivity contribution is 9.10. The number of rotatable bonds is 5. The molecule has 0 radical (unpaired) electrons. The van der Waals surface area contributed by atoms with Gasteiger partial charge in [-0.2, -0.15) is 5.10 Å². The van der Waals surface area contributed by atoms with Crippen molar-refractivity contribution in [2.45, 2.75) is 6.04 Å². The summed E-state index contributed by atoms with van der Waals surface area (Å²) in [4.78, 5) is 14.5. The Balaban J connectivity index is 1.63. The number of carbonyl (C=O) groups excluding carboxylic acids is 1. The molecule has 0 saturated carbocycles. The molecular weight excluding hydrogens is 436 g/mol. The van der Waals surface area contributed by atoms with Gasteiger partial charge in [0.1, 0.15) is 0 Å². The molecule has 28 heavy (non-hydrogen) atoms. The smallest absolute Gasteiger partial charge is 0.261 e. The van der Waals surface area contributed by atoms with E-state index in [4.69, 9.17) is 5.73 Å². The van der Waals surface area contributed by atoms with E-state index in [-0.39, 0.29) is 11.9 Å². The van der Waals surface area contributed by atoms with E-state index < -0.39 is 0 Å². The molecule has 2 aromatic carbocycles. The molecule has 1 amide bonds. The molecule has 0 saturated heterocycles. The lowest BCUT2D eigenvalue weighted by atomic mass is 9.98. The molecule has 1 atom stereocenters. The molecular formula is C21H19BrN4OS. The number of amides is 1. The van der Waals surface area contributed by atoms with E-state index >= 15 is 0 Å². The molecule has 7 heteroatoms. The zero-order valence-corrected chi connectivity index (χ0v) is 17.6. The Labute approximate surface area is 175 Å². The summed E-state index contributed by atoms with van der Waals surface area (Å²) < 4.78 is 2.66. The lowest BCUT2D eigenvalue weighted by Gasteiger charge is -2.19. The number of benzene rings is 2. The maximum atomic E-state index is 12.9. The van der Waals surface area contributed by atoms with Crippen molar-refractivity contribution in [3.05, 3.63) is 75.7 Å². The Hall–Kier alpha value is -2.48. The first-order chi connectivity index (χ1) is 13.6. The van der Waals surface area contributed by atoms with E-state index in [0.29, 0.717) is 11.4 Å². The Morgan fingerprint density at radius 1 is 1.25 bits per heavy atom. The van der Waals surface area contributed by atoms with E-state index in [9.17, 15) is 4.79 Å². The normalized spacial score (nSPS) is 12.2. The Kier molecular flexibility index (Phi) is 5.30. The third-order valence-electron chi connectivity index (χ3n) is 4.70. The minimum Gasteiger partial charge on any atom is -0.343 e. The van der Waals surface area contributed by atoms with Crippen LogP contribution in [0.1, 0.15) is 21.3 Å².